The van der Waals surface area contributed by atoms with Crippen molar-refractivity contribution < 1.29 is 4.79 Å². The Morgan fingerprint density at radius 2 is 1.22 bits per heavy atom. The maximum atomic E-state index is 12.2. The van der Waals surface area contributed by atoms with Crippen molar-refractivity contribution in [1.82, 2.24) is 0 Å². The van der Waals surface area contributed by atoms with Crippen LogP contribution in [0.5, 0.6) is 0 Å². The Morgan fingerprint density at radius 3 is 1.91 bits per heavy atom. The van der Waals surface area contributed by atoms with Crippen LogP contribution in [0.25, 0.3) is 43.1 Å². The summed E-state index contributed by atoms with van der Waals surface area (Å²) in [5.41, 5.74) is 0.811. The van der Waals surface area contributed by atoms with E-state index in [0.29, 0.717) is 0 Å². The quantitative estimate of drug-likeness (QED) is 0.212. The van der Waals surface area contributed by atoms with Crippen molar-refractivity contribution in [3.05, 3.63) is 72.3 Å². The fourth-order valence-corrected chi connectivity index (χ4v) is 3.94. The minimum atomic E-state index is 0.119. The van der Waals surface area contributed by atoms with Crippen molar-refractivity contribution in [1.29, 1.82) is 0 Å². The van der Waals surface area contributed by atoms with Gasteiger partial charge in [-0.1, -0.05) is 60.7 Å². The third-order valence-electron chi connectivity index (χ3n) is 4.89. The molecule has 0 N–H and O–H groups in total. The lowest BCUT2D eigenvalue weighted by atomic mass is 9.87. The standard InChI is InChI=1S/C22H14O/c1-13(23)20-12-14-6-4-9-17-15-7-2-3-8-16(15)18-10-5-11-19(20)22(18)21(14)17/h2-12H,1H3. The van der Waals surface area contributed by atoms with Crippen molar-refractivity contribution in [3.63, 3.8) is 0 Å². The minimum Gasteiger partial charge on any atom is -0.294 e. The zero-order valence-corrected chi connectivity index (χ0v) is 12.8. The number of ketones is 1. The Bertz CT molecular complexity index is 1230. The lowest BCUT2D eigenvalue weighted by Gasteiger charge is -2.16. The summed E-state index contributed by atoms with van der Waals surface area (Å²) >= 11 is 0. The van der Waals surface area contributed by atoms with Gasteiger partial charge in [0.25, 0.3) is 0 Å². The van der Waals surface area contributed by atoms with E-state index in [1.54, 1.807) is 6.92 Å². The van der Waals surface area contributed by atoms with Crippen molar-refractivity contribution in [3.8, 4) is 0 Å². The van der Waals surface area contributed by atoms with E-state index in [1.165, 1.54) is 32.3 Å². The molecule has 0 spiro atoms. The summed E-state index contributed by atoms with van der Waals surface area (Å²) in [5.74, 6) is 0.119. The van der Waals surface area contributed by atoms with Crippen LogP contribution in [0.1, 0.15) is 17.3 Å². The summed E-state index contributed by atoms with van der Waals surface area (Å²) in [6.07, 6.45) is 0. The molecule has 1 heteroatoms. The van der Waals surface area contributed by atoms with E-state index in [0.717, 1.165) is 16.3 Å². The van der Waals surface area contributed by atoms with Gasteiger partial charge in [-0.3, -0.25) is 4.79 Å². The van der Waals surface area contributed by atoms with Crippen molar-refractivity contribution in [2.24, 2.45) is 0 Å². The van der Waals surface area contributed by atoms with Gasteiger partial charge in [0.05, 0.1) is 0 Å². The maximum absolute atomic E-state index is 12.2. The largest absolute Gasteiger partial charge is 0.294 e. The molecule has 0 aliphatic carbocycles. The molecule has 0 aliphatic heterocycles. The number of fused-ring (bicyclic) bond motifs is 3. The smallest absolute Gasteiger partial charge is 0.160 e. The molecule has 0 atom stereocenters. The molecule has 0 heterocycles. The number of carbonyl (C=O) groups is 1. The third kappa shape index (κ3) is 1.54. The Kier molecular flexibility index (Phi) is 2.35. The molecule has 0 aromatic heterocycles. The molecule has 0 fully saturated rings. The van der Waals surface area contributed by atoms with Gasteiger partial charge in [0.15, 0.2) is 5.78 Å². The average Bonchev–Trinajstić information content (AvgIpc) is 2.60. The third-order valence-corrected chi connectivity index (χ3v) is 4.89. The highest BCUT2D eigenvalue weighted by Gasteiger charge is 2.16. The highest BCUT2D eigenvalue weighted by molar-refractivity contribution is 6.35. The van der Waals surface area contributed by atoms with Gasteiger partial charge in [0.2, 0.25) is 0 Å². The molecule has 0 aliphatic rings. The number of Topliss-reactive ketones (excluding diaryl/α,β-unsaturated/α-hetero) is 1. The van der Waals surface area contributed by atoms with Crippen LogP contribution in [0.2, 0.25) is 0 Å². The summed E-state index contributed by atoms with van der Waals surface area (Å²) in [4.78, 5) is 12.2. The van der Waals surface area contributed by atoms with Gasteiger partial charge < -0.3 is 0 Å². The zero-order valence-electron chi connectivity index (χ0n) is 12.8. The van der Waals surface area contributed by atoms with Crippen molar-refractivity contribution in [2.75, 3.05) is 0 Å². The number of benzene rings is 5. The molecule has 0 radical (unpaired) electrons. The summed E-state index contributed by atoms with van der Waals surface area (Å²) in [7, 11) is 0. The minimum absolute atomic E-state index is 0.119. The van der Waals surface area contributed by atoms with E-state index in [4.69, 9.17) is 0 Å². The fourth-order valence-electron chi connectivity index (χ4n) is 3.94. The van der Waals surface area contributed by atoms with Crippen LogP contribution in [0.3, 0.4) is 0 Å². The summed E-state index contributed by atoms with van der Waals surface area (Å²) in [6, 6.07) is 23.2. The number of hydrogen-bond donors (Lipinski definition) is 0. The Hall–Kier alpha value is -2.93. The van der Waals surface area contributed by atoms with E-state index in [2.05, 4.69) is 60.7 Å². The molecule has 5 aromatic carbocycles. The molecule has 0 amide bonds. The summed E-state index contributed by atoms with van der Waals surface area (Å²) in [5, 5.41) is 9.69. The highest BCUT2D eigenvalue weighted by Crippen LogP contribution is 2.41. The van der Waals surface area contributed by atoms with Crippen LogP contribution in [0, 0.1) is 0 Å². The van der Waals surface area contributed by atoms with Crippen LogP contribution in [0.15, 0.2) is 66.7 Å². The molecular weight excluding hydrogens is 280 g/mol. The molecule has 0 saturated carbocycles. The van der Waals surface area contributed by atoms with E-state index in [1.807, 2.05) is 6.07 Å². The van der Waals surface area contributed by atoms with Crippen LogP contribution in [-0.2, 0) is 0 Å². The fraction of sp³-hybridized carbons (Fsp3) is 0.0455. The lowest BCUT2D eigenvalue weighted by Crippen LogP contribution is -1.96. The highest BCUT2D eigenvalue weighted by atomic mass is 16.1. The van der Waals surface area contributed by atoms with Gasteiger partial charge in [-0.15, -0.1) is 0 Å². The molecule has 1 nitrogen and oxygen atoms in total. The van der Waals surface area contributed by atoms with Crippen LogP contribution in [-0.4, -0.2) is 5.78 Å². The normalized spacial score (nSPS) is 11.9. The van der Waals surface area contributed by atoms with Gasteiger partial charge in [0.1, 0.15) is 0 Å². The maximum Gasteiger partial charge on any atom is 0.160 e. The van der Waals surface area contributed by atoms with E-state index in [-0.39, 0.29) is 5.78 Å². The molecular formula is C22H14O. The first-order valence-electron chi connectivity index (χ1n) is 7.85. The molecule has 0 unspecified atom stereocenters. The SMILES string of the molecule is CC(=O)c1cc2cccc3c4ccccc4c4cccc1c4c23. The summed E-state index contributed by atoms with van der Waals surface area (Å²) < 4.78 is 0. The topological polar surface area (TPSA) is 17.1 Å². The lowest BCUT2D eigenvalue weighted by molar-refractivity contribution is 0.101. The number of rotatable bonds is 1. The second-order valence-electron chi connectivity index (χ2n) is 6.16. The molecule has 0 saturated heterocycles. The van der Waals surface area contributed by atoms with Gasteiger partial charge in [-0.2, -0.15) is 0 Å². The molecule has 5 rings (SSSR count). The van der Waals surface area contributed by atoms with Crippen LogP contribution >= 0.6 is 0 Å². The Morgan fingerprint density at radius 1 is 0.652 bits per heavy atom. The second-order valence-corrected chi connectivity index (χ2v) is 6.16. The molecule has 0 bridgehead atoms. The predicted molar refractivity (Wildman–Crippen MR) is 97.7 cm³/mol. The predicted octanol–water partition coefficient (Wildman–Crippen LogP) is 5.94. The van der Waals surface area contributed by atoms with Gasteiger partial charge in [-0.05, 0) is 56.1 Å². The molecule has 108 valence electrons. The van der Waals surface area contributed by atoms with Gasteiger partial charge in [0, 0.05) is 5.56 Å². The first kappa shape index (κ1) is 12.6. The van der Waals surface area contributed by atoms with E-state index in [9.17, 15) is 4.79 Å². The van der Waals surface area contributed by atoms with Crippen molar-refractivity contribution in [2.45, 2.75) is 6.92 Å². The number of hydrogen-bond acceptors (Lipinski definition) is 1. The first-order valence-corrected chi connectivity index (χ1v) is 7.85. The first-order chi connectivity index (χ1) is 11.3. The van der Waals surface area contributed by atoms with Crippen molar-refractivity contribution >= 4 is 48.9 Å². The monoisotopic (exact) mass is 294 g/mol. The molecule has 23 heavy (non-hydrogen) atoms. The zero-order chi connectivity index (χ0) is 15.6. The Balaban J connectivity index is 2.26. The summed E-state index contributed by atoms with van der Waals surface area (Å²) in [6.45, 7) is 1.65. The van der Waals surface area contributed by atoms with E-state index < -0.39 is 0 Å². The van der Waals surface area contributed by atoms with Crippen LogP contribution < -0.4 is 0 Å². The van der Waals surface area contributed by atoms with Gasteiger partial charge in [-0.25, -0.2) is 0 Å². The van der Waals surface area contributed by atoms with E-state index >= 15 is 0 Å². The van der Waals surface area contributed by atoms with Crippen LogP contribution in [0.4, 0.5) is 0 Å². The molecule has 5 aromatic rings. The Labute approximate surface area is 133 Å². The number of carbonyl (C=O) groups excluding carboxylic acids is 1. The van der Waals surface area contributed by atoms with Gasteiger partial charge >= 0.3 is 0 Å². The average molecular weight is 294 g/mol. The second kappa shape index (κ2) is 4.30.